The summed E-state index contributed by atoms with van der Waals surface area (Å²) in [5.41, 5.74) is 0. The van der Waals surface area contributed by atoms with Gasteiger partial charge in [0, 0.05) is 6.92 Å². The third-order valence-corrected chi connectivity index (χ3v) is 3.23. The van der Waals surface area contributed by atoms with Crippen molar-refractivity contribution in [1.82, 2.24) is 0 Å². The number of aliphatic carboxylic acids is 1. The van der Waals surface area contributed by atoms with Gasteiger partial charge in [0.25, 0.3) is 5.97 Å². The van der Waals surface area contributed by atoms with Crippen molar-refractivity contribution in [3.05, 3.63) is 0 Å². The predicted molar refractivity (Wildman–Crippen MR) is 86.1 cm³/mol. The van der Waals surface area contributed by atoms with E-state index in [9.17, 15) is 0 Å². The Morgan fingerprint density at radius 3 is 1.45 bits per heavy atom. The Bertz CT molecular complexity index is 187. The van der Waals surface area contributed by atoms with Gasteiger partial charge in [-0.1, -0.05) is 77.6 Å². The minimum absolute atomic E-state index is 0.0986. The number of carbonyl (C=O) groups is 1. The van der Waals surface area contributed by atoms with Crippen LogP contribution in [-0.2, 0) is 4.79 Å². The second kappa shape index (κ2) is 18.4. The summed E-state index contributed by atoms with van der Waals surface area (Å²) in [6.45, 7) is 5.24. The maximum Gasteiger partial charge on any atom is 0.300 e. The molecule has 0 fully saturated rings. The lowest BCUT2D eigenvalue weighted by atomic mass is 10.0. The molecule has 0 aliphatic carbocycles. The first-order valence-electron chi connectivity index (χ1n) is 8.38. The molecule has 0 aromatic heterocycles. The average Bonchev–Trinajstić information content (AvgIpc) is 2.35. The largest absolute Gasteiger partial charge is 0.481 e. The zero-order chi connectivity index (χ0) is 15.6. The van der Waals surface area contributed by atoms with Gasteiger partial charge in [-0.15, -0.1) is 0 Å². The summed E-state index contributed by atoms with van der Waals surface area (Å²) >= 11 is 0. The molecule has 0 rings (SSSR count). The van der Waals surface area contributed by atoms with Crippen LogP contribution in [0.4, 0.5) is 0 Å². The molecular formula is C17H36O3. The summed E-state index contributed by atoms with van der Waals surface area (Å²) in [4.78, 5) is 9.00. The minimum atomic E-state index is -0.833. The second-order valence-corrected chi connectivity index (χ2v) is 5.69. The zero-order valence-corrected chi connectivity index (χ0v) is 13.9. The van der Waals surface area contributed by atoms with Crippen molar-refractivity contribution in [1.29, 1.82) is 0 Å². The molecular weight excluding hydrogens is 252 g/mol. The molecule has 0 aliphatic rings. The van der Waals surface area contributed by atoms with Gasteiger partial charge >= 0.3 is 0 Å². The number of aliphatic hydroxyl groups is 1. The Balaban J connectivity index is 0. The van der Waals surface area contributed by atoms with E-state index in [1.807, 2.05) is 6.92 Å². The lowest BCUT2D eigenvalue weighted by Gasteiger charge is -2.04. The Morgan fingerprint density at radius 2 is 1.15 bits per heavy atom. The van der Waals surface area contributed by atoms with E-state index < -0.39 is 5.97 Å². The molecule has 3 heteroatoms. The van der Waals surface area contributed by atoms with E-state index in [1.54, 1.807) is 0 Å². The van der Waals surface area contributed by atoms with Crippen molar-refractivity contribution >= 4 is 5.97 Å². The van der Waals surface area contributed by atoms with Crippen LogP contribution in [0.2, 0.25) is 0 Å². The van der Waals surface area contributed by atoms with E-state index in [0.29, 0.717) is 0 Å². The SMILES string of the molecule is CC(=O)O.CCCCCCCCCCCCCC(C)O. The van der Waals surface area contributed by atoms with Crippen LogP contribution in [0.5, 0.6) is 0 Å². The number of aliphatic hydroxyl groups excluding tert-OH is 1. The third kappa shape index (κ3) is 30.5. The quantitative estimate of drug-likeness (QED) is 0.488. The highest BCUT2D eigenvalue weighted by atomic mass is 16.4. The zero-order valence-electron chi connectivity index (χ0n) is 13.9. The summed E-state index contributed by atoms with van der Waals surface area (Å²) in [7, 11) is 0. The van der Waals surface area contributed by atoms with Crippen molar-refractivity contribution in [3.8, 4) is 0 Å². The Labute approximate surface area is 125 Å². The van der Waals surface area contributed by atoms with Crippen molar-refractivity contribution in [2.24, 2.45) is 0 Å². The van der Waals surface area contributed by atoms with E-state index >= 15 is 0 Å². The molecule has 0 aromatic carbocycles. The third-order valence-electron chi connectivity index (χ3n) is 3.23. The van der Waals surface area contributed by atoms with Crippen LogP contribution in [0.25, 0.3) is 0 Å². The molecule has 0 spiro atoms. The first-order valence-corrected chi connectivity index (χ1v) is 8.38. The standard InChI is InChI=1S/C15H32O.C2H4O2/c1-3-4-5-6-7-8-9-10-11-12-13-14-15(2)16;1-2(3)4/h15-16H,3-14H2,1-2H3;1H3,(H,3,4). The van der Waals surface area contributed by atoms with Crippen LogP contribution in [0, 0.1) is 0 Å². The molecule has 122 valence electrons. The van der Waals surface area contributed by atoms with Gasteiger partial charge in [-0.25, -0.2) is 0 Å². The highest BCUT2D eigenvalue weighted by molar-refractivity contribution is 5.62. The minimum Gasteiger partial charge on any atom is -0.481 e. The van der Waals surface area contributed by atoms with Gasteiger partial charge in [0.15, 0.2) is 0 Å². The van der Waals surface area contributed by atoms with E-state index in [-0.39, 0.29) is 6.10 Å². The lowest BCUT2D eigenvalue weighted by molar-refractivity contribution is -0.134. The summed E-state index contributed by atoms with van der Waals surface area (Å²) < 4.78 is 0. The van der Waals surface area contributed by atoms with Crippen LogP contribution in [-0.4, -0.2) is 22.3 Å². The van der Waals surface area contributed by atoms with Crippen LogP contribution in [0.3, 0.4) is 0 Å². The van der Waals surface area contributed by atoms with Gasteiger partial charge in [-0.3, -0.25) is 4.79 Å². The van der Waals surface area contributed by atoms with E-state index in [4.69, 9.17) is 15.0 Å². The van der Waals surface area contributed by atoms with Crippen LogP contribution < -0.4 is 0 Å². The Hall–Kier alpha value is -0.570. The maximum atomic E-state index is 9.10. The highest BCUT2D eigenvalue weighted by Crippen LogP contribution is 2.12. The number of hydrogen-bond donors (Lipinski definition) is 2. The molecule has 0 heterocycles. The smallest absolute Gasteiger partial charge is 0.300 e. The van der Waals surface area contributed by atoms with E-state index in [0.717, 1.165) is 13.3 Å². The first-order chi connectivity index (χ1) is 9.50. The number of carboxylic acid groups (broad SMARTS) is 1. The first kappa shape index (κ1) is 21.7. The van der Waals surface area contributed by atoms with Gasteiger partial charge in [-0.2, -0.15) is 0 Å². The molecule has 0 aromatic rings. The van der Waals surface area contributed by atoms with Crippen LogP contribution >= 0.6 is 0 Å². The molecule has 0 bridgehead atoms. The second-order valence-electron chi connectivity index (χ2n) is 5.69. The van der Waals surface area contributed by atoms with Gasteiger partial charge in [-0.05, 0) is 13.3 Å². The molecule has 20 heavy (non-hydrogen) atoms. The molecule has 0 saturated heterocycles. The summed E-state index contributed by atoms with van der Waals surface area (Å²) in [6.07, 6.45) is 16.1. The summed E-state index contributed by atoms with van der Waals surface area (Å²) in [6, 6.07) is 0. The van der Waals surface area contributed by atoms with Crippen molar-refractivity contribution in [2.45, 2.75) is 104 Å². The average molecular weight is 288 g/mol. The Kier molecular flexibility index (Phi) is 20.0. The fraction of sp³-hybridized carbons (Fsp3) is 0.941. The number of carboxylic acids is 1. The topological polar surface area (TPSA) is 57.5 Å². The van der Waals surface area contributed by atoms with Gasteiger partial charge < -0.3 is 10.2 Å². The summed E-state index contributed by atoms with van der Waals surface area (Å²) in [5.74, 6) is -0.833. The van der Waals surface area contributed by atoms with E-state index in [2.05, 4.69) is 6.92 Å². The number of hydrogen-bond acceptors (Lipinski definition) is 2. The molecule has 1 unspecified atom stereocenters. The highest BCUT2D eigenvalue weighted by Gasteiger charge is 1.96. The normalized spacial score (nSPS) is 11.6. The lowest BCUT2D eigenvalue weighted by Crippen LogP contribution is -1.98. The molecule has 0 amide bonds. The molecule has 0 aliphatic heterocycles. The molecule has 0 radical (unpaired) electrons. The van der Waals surface area contributed by atoms with Crippen molar-refractivity contribution in [2.75, 3.05) is 0 Å². The maximum absolute atomic E-state index is 9.10. The van der Waals surface area contributed by atoms with E-state index in [1.165, 1.54) is 70.6 Å². The Morgan fingerprint density at radius 1 is 0.850 bits per heavy atom. The van der Waals surface area contributed by atoms with Crippen LogP contribution in [0.1, 0.15) is 97.8 Å². The van der Waals surface area contributed by atoms with Crippen molar-refractivity contribution in [3.63, 3.8) is 0 Å². The molecule has 2 N–H and O–H groups in total. The van der Waals surface area contributed by atoms with Gasteiger partial charge in [0.05, 0.1) is 6.10 Å². The molecule has 1 atom stereocenters. The predicted octanol–water partition coefficient (Wildman–Crippen LogP) is 5.16. The van der Waals surface area contributed by atoms with Gasteiger partial charge in [0.2, 0.25) is 0 Å². The fourth-order valence-corrected chi connectivity index (χ4v) is 2.10. The monoisotopic (exact) mass is 288 g/mol. The van der Waals surface area contributed by atoms with Gasteiger partial charge in [0.1, 0.15) is 0 Å². The van der Waals surface area contributed by atoms with Crippen molar-refractivity contribution < 1.29 is 15.0 Å². The molecule has 0 saturated carbocycles. The number of unbranched alkanes of at least 4 members (excludes halogenated alkanes) is 10. The number of rotatable bonds is 12. The fourth-order valence-electron chi connectivity index (χ4n) is 2.10. The van der Waals surface area contributed by atoms with Crippen LogP contribution in [0.15, 0.2) is 0 Å². The summed E-state index contributed by atoms with van der Waals surface area (Å²) in [5, 5.41) is 16.5. The molecule has 3 nitrogen and oxygen atoms in total.